The van der Waals surface area contributed by atoms with E-state index >= 15 is 0 Å². The largest absolute Gasteiger partial charge is 0.444 e. The average Bonchev–Trinajstić information content (AvgIpc) is 2.83. The zero-order valence-corrected chi connectivity index (χ0v) is 15.0. The van der Waals surface area contributed by atoms with Gasteiger partial charge in [-0.05, 0) is 53.1 Å². The molecule has 0 saturated carbocycles. The van der Waals surface area contributed by atoms with Gasteiger partial charge in [-0.15, -0.1) is 0 Å². The van der Waals surface area contributed by atoms with Crippen molar-refractivity contribution in [3.63, 3.8) is 0 Å². The molecule has 2 saturated heterocycles. The van der Waals surface area contributed by atoms with Crippen LogP contribution in [0.1, 0.15) is 47.0 Å². The van der Waals surface area contributed by atoms with E-state index in [-0.39, 0.29) is 18.0 Å². The molecule has 2 aliphatic rings. The fourth-order valence-electron chi connectivity index (χ4n) is 3.28. The highest BCUT2D eigenvalue weighted by atomic mass is 16.6. The van der Waals surface area contributed by atoms with E-state index in [1.807, 2.05) is 25.7 Å². The number of carbonyl (C=O) groups is 2. The maximum atomic E-state index is 12.9. The van der Waals surface area contributed by atoms with Gasteiger partial charge in [0.05, 0.1) is 0 Å². The molecule has 2 aliphatic heterocycles. The number of hydrogen-bond donors (Lipinski definition) is 0. The minimum Gasteiger partial charge on any atom is -0.444 e. The van der Waals surface area contributed by atoms with Crippen LogP contribution in [-0.4, -0.2) is 77.6 Å². The van der Waals surface area contributed by atoms with Gasteiger partial charge in [0.15, 0.2) is 0 Å². The van der Waals surface area contributed by atoms with Crippen LogP contribution in [0.25, 0.3) is 0 Å². The zero-order chi connectivity index (χ0) is 17.0. The Labute approximate surface area is 139 Å². The monoisotopic (exact) mass is 325 g/mol. The zero-order valence-electron chi connectivity index (χ0n) is 15.0. The van der Waals surface area contributed by atoms with Gasteiger partial charge in [-0.3, -0.25) is 9.69 Å². The molecule has 0 N–H and O–H groups in total. The maximum absolute atomic E-state index is 12.9. The summed E-state index contributed by atoms with van der Waals surface area (Å²) in [6.45, 7) is 12.8. The second kappa shape index (κ2) is 7.51. The Balaban J connectivity index is 1.98. The van der Waals surface area contributed by atoms with Gasteiger partial charge in [0, 0.05) is 26.2 Å². The summed E-state index contributed by atoms with van der Waals surface area (Å²) in [7, 11) is 0. The summed E-state index contributed by atoms with van der Waals surface area (Å²) in [6.07, 6.45) is 2.24. The lowest BCUT2D eigenvalue weighted by atomic mass is 10.2. The molecule has 2 fully saturated rings. The van der Waals surface area contributed by atoms with Gasteiger partial charge in [0.1, 0.15) is 11.6 Å². The van der Waals surface area contributed by atoms with Crippen molar-refractivity contribution < 1.29 is 14.3 Å². The van der Waals surface area contributed by atoms with E-state index in [4.69, 9.17) is 4.74 Å². The molecular formula is C17H31N3O3. The summed E-state index contributed by atoms with van der Waals surface area (Å²) < 4.78 is 5.46. The normalized spacial score (nSPS) is 23.7. The first-order valence-electron chi connectivity index (χ1n) is 8.82. The van der Waals surface area contributed by atoms with Crippen LogP contribution in [0, 0.1) is 0 Å². The Morgan fingerprint density at radius 3 is 2.43 bits per heavy atom. The van der Waals surface area contributed by atoms with E-state index in [0.29, 0.717) is 6.54 Å². The summed E-state index contributed by atoms with van der Waals surface area (Å²) in [5.74, 6) is 0.0892. The predicted octanol–water partition coefficient (Wildman–Crippen LogP) is 1.94. The second-order valence-electron chi connectivity index (χ2n) is 7.44. The minimum absolute atomic E-state index is 0.0892. The topological polar surface area (TPSA) is 53.1 Å². The van der Waals surface area contributed by atoms with Gasteiger partial charge in [0.25, 0.3) is 0 Å². The number of likely N-dealkylation sites (tertiary alicyclic amines) is 1. The molecule has 2 heterocycles. The summed E-state index contributed by atoms with van der Waals surface area (Å²) >= 11 is 0. The van der Waals surface area contributed by atoms with Crippen molar-refractivity contribution in [3.8, 4) is 0 Å². The second-order valence-corrected chi connectivity index (χ2v) is 7.44. The Kier molecular flexibility index (Phi) is 5.89. The van der Waals surface area contributed by atoms with Gasteiger partial charge in [-0.25, -0.2) is 4.79 Å². The van der Waals surface area contributed by atoms with Crippen molar-refractivity contribution in [3.05, 3.63) is 0 Å². The summed E-state index contributed by atoms with van der Waals surface area (Å²) in [5.41, 5.74) is -0.530. The van der Waals surface area contributed by atoms with Crippen molar-refractivity contribution in [1.29, 1.82) is 0 Å². The highest BCUT2D eigenvalue weighted by molar-refractivity contribution is 5.86. The Bertz CT molecular complexity index is 433. The molecule has 0 radical (unpaired) electrons. The molecule has 1 unspecified atom stereocenters. The number of ether oxygens (including phenoxy) is 1. The molecule has 0 aromatic carbocycles. The standard InChI is InChI=1S/C17H31N3O3/c1-5-18-9-7-10-19(13-12-18)15(21)14-8-6-11-20(14)16(22)23-17(2,3)4/h14H,5-13H2,1-4H3. The quantitative estimate of drug-likeness (QED) is 0.778. The summed E-state index contributed by atoms with van der Waals surface area (Å²) in [4.78, 5) is 31.2. The van der Waals surface area contributed by atoms with Gasteiger partial charge in [-0.2, -0.15) is 0 Å². The van der Waals surface area contributed by atoms with E-state index in [9.17, 15) is 9.59 Å². The average molecular weight is 325 g/mol. The number of likely N-dealkylation sites (N-methyl/N-ethyl adjacent to an activating group) is 1. The maximum Gasteiger partial charge on any atom is 0.410 e. The lowest BCUT2D eigenvalue weighted by Crippen LogP contribution is -2.49. The smallest absolute Gasteiger partial charge is 0.410 e. The number of hydrogen-bond acceptors (Lipinski definition) is 4. The fourth-order valence-corrected chi connectivity index (χ4v) is 3.28. The van der Waals surface area contributed by atoms with E-state index in [0.717, 1.165) is 52.0 Å². The molecule has 132 valence electrons. The van der Waals surface area contributed by atoms with Crippen LogP contribution in [0.2, 0.25) is 0 Å². The van der Waals surface area contributed by atoms with Gasteiger partial charge >= 0.3 is 6.09 Å². The molecule has 0 aromatic rings. The fraction of sp³-hybridized carbons (Fsp3) is 0.882. The first-order chi connectivity index (χ1) is 10.8. The van der Waals surface area contributed by atoms with Crippen molar-refractivity contribution in [2.24, 2.45) is 0 Å². The first-order valence-corrected chi connectivity index (χ1v) is 8.82. The molecule has 6 heteroatoms. The molecule has 0 aromatic heterocycles. The number of rotatable bonds is 2. The molecule has 23 heavy (non-hydrogen) atoms. The van der Waals surface area contributed by atoms with Crippen molar-refractivity contribution >= 4 is 12.0 Å². The first kappa shape index (κ1) is 18.0. The van der Waals surface area contributed by atoms with Crippen LogP contribution in [0.5, 0.6) is 0 Å². The third-order valence-electron chi connectivity index (χ3n) is 4.51. The number of amides is 2. The van der Waals surface area contributed by atoms with E-state index < -0.39 is 5.60 Å². The Morgan fingerprint density at radius 2 is 1.78 bits per heavy atom. The van der Waals surface area contributed by atoms with Crippen molar-refractivity contribution in [2.75, 3.05) is 39.3 Å². The van der Waals surface area contributed by atoms with Crippen LogP contribution < -0.4 is 0 Å². The third-order valence-corrected chi connectivity index (χ3v) is 4.51. The van der Waals surface area contributed by atoms with Crippen molar-refractivity contribution in [2.45, 2.75) is 58.6 Å². The lowest BCUT2D eigenvalue weighted by molar-refractivity contribution is -0.135. The number of nitrogens with zero attached hydrogens (tertiary/aromatic N) is 3. The molecule has 2 amide bonds. The van der Waals surface area contributed by atoms with Crippen LogP contribution >= 0.6 is 0 Å². The SMILES string of the molecule is CCN1CCCN(C(=O)C2CCCN2C(=O)OC(C)(C)C)CC1. The van der Waals surface area contributed by atoms with Crippen LogP contribution in [0.4, 0.5) is 4.79 Å². The molecule has 0 bridgehead atoms. The third kappa shape index (κ3) is 4.83. The van der Waals surface area contributed by atoms with Crippen LogP contribution in [-0.2, 0) is 9.53 Å². The summed E-state index contributed by atoms with van der Waals surface area (Å²) in [5, 5.41) is 0. The molecule has 0 aliphatic carbocycles. The van der Waals surface area contributed by atoms with E-state index in [1.54, 1.807) is 4.90 Å². The van der Waals surface area contributed by atoms with E-state index in [2.05, 4.69) is 11.8 Å². The molecule has 0 spiro atoms. The van der Waals surface area contributed by atoms with Gasteiger partial charge in [0.2, 0.25) is 5.91 Å². The summed E-state index contributed by atoms with van der Waals surface area (Å²) in [6, 6.07) is -0.349. The Hall–Kier alpha value is -1.30. The van der Waals surface area contributed by atoms with Crippen LogP contribution in [0.15, 0.2) is 0 Å². The van der Waals surface area contributed by atoms with Crippen molar-refractivity contribution in [1.82, 2.24) is 14.7 Å². The predicted molar refractivity (Wildman–Crippen MR) is 89.3 cm³/mol. The van der Waals surface area contributed by atoms with Gasteiger partial charge < -0.3 is 14.5 Å². The van der Waals surface area contributed by atoms with E-state index in [1.165, 1.54) is 0 Å². The highest BCUT2D eigenvalue weighted by Crippen LogP contribution is 2.23. The molecule has 6 nitrogen and oxygen atoms in total. The highest BCUT2D eigenvalue weighted by Gasteiger charge is 2.38. The van der Waals surface area contributed by atoms with Gasteiger partial charge in [-0.1, -0.05) is 6.92 Å². The molecular weight excluding hydrogens is 294 g/mol. The molecule has 1 atom stereocenters. The Morgan fingerprint density at radius 1 is 1.04 bits per heavy atom. The minimum atomic E-state index is -0.530. The number of carbonyl (C=O) groups excluding carboxylic acids is 2. The van der Waals surface area contributed by atoms with Crippen LogP contribution in [0.3, 0.4) is 0 Å². The molecule has 2 rings (SSSR count). The lowest BCUT2D eigenvalue weighted by Gasteiger charge is -2.31.